The SMILES string of the molecule is COC(=O)CN(C(=O)CCCCCOc1ccc(Cl)c([N+](=O)[O-])c1C=O)C1CCCCC1. The second-order valence-electron chi connectivity index (χ2n) is 7.73. The average Bonchev–Trinajstić information content (AvgIpc) is 2.79. The van der Waals surface area contributed by atoms with Gasteiger partial charge in [-0.1, -0.05) is 30.9 Å². The van der Waals surface area contributed by atoms with Crippen LogP contribution >= 0.6 is 11.6 Å². The molecule has 0 aromatic heterocycles. The van der Waals surface area contributed by atoms with E-state index in [1.807, 2.05) is 0 Å². The van der Waals surface area contributed by atoms with Gasteiger partial charge < -0.3 is 14.4 Å². The number of amides is 1. The van der Waals surface area contributed by atoms with E-state index >= 15 is 0 Å². The maximum Gasteiger partial charge on any atom is 0.325 e. The van der Waals surface area contributed by atoms with E-state index in [0.29, 0.717) is 32.0 Å². The number of rotatable bonds is 12. The van der Waals surface area contributed by atoms with Crippen LogP contribution in [0.5, 0.6) is 5.75 Å². The van der Waals surface area contributed by atoms with Gasteiger partial charge >= 0.3 is 11.7 Å². The normalized spacial score (nSPS) is 13.9. The molecule has 1 aliphatic carbocycles. The first kappa shape index (κ1) is 25.6. The third kappa shape index (κ3) is 7.19. The number of halogens is 1. The lowest BCUT2D eigenvalue weighted by molar-refractivity contribution is -0.385. The summed E-state index contributed by atoms with van der Waals surface area (Å²) in [5.41, 5.74) is -0.665. The minimum Gasteiger partial charge on any atom is -0.493 e. The molecule has 0 aliphatic heterocycles. The lowest BCUT2D eigenvalue weighted by atomic mass is 9.94. The topological polar surface area (TPSA) is 116 Å². The molecule has 176 valence electrons. The summed E-state index contributed by atoms with van der Waals surface area (Å²) in [4.78, 5) is 47.9. The van der Waals surface area contributed by atoms with Crippen LogP contribution < -0.4 is 4.74 Å². The lowest BCUT2D eigenvalue weighted by Gasteiger charge is -2.33. The largest absolute Gasteiger partial charge is 0.493 e. The molecule has 32 heavy (non-hydrogen) atoms. The molecule has 0 saturated heterocycles. The summed E-state index contributed by atoms with van der Waals surface area (Å²) >= 11 is 5.81. The molecular formula is C22H29ClN2O7. The van der Waals surface area contributed by atoms with Crippen LogP contribution in [0.15, 0.2) is 12.1 Å². The molecule has 10 heteroatoms. The van der Waals surface area contributed by atoms with Crippen molar-refractivity contribution in [3.05, 3.63) is 32.8 Å². The van der Waals surface area contributed by atoms with Crippen LogP contribution in [0.4, 0.5) is 5.69 Å². The molecular weight excluding hydrogens is 440 g/mol. The number of hydrogen-bond donors (Lipinski definition) is 0. The van der Waals surface area contributed by atoms with Gasteiger partial charge in [-0.15, -0.1) is 0 Å². The molecule has 0 spiro atoms. The molecule has 1 amide bonds. The van der Waals surface area contributed by atoms with Crippen LogP contribution in [0.2, 0.25) is 5.02 Å². The Kier molecular flexibility index (Phi) is 10.4. The molecule has 0 atom stereocenters. The Morgan fingerprint density at radius 3 is 2.56 bits per heavy atom. The van der Waals surface area contributed by atoms with Crippen molar-refractivity contribution < 1.29 is 28.8 Å². The molecule has 1 fully saturated rings. The average molecular weight is 469 g/mol. The van der Waals surface area contributed by atoms with E-state index < -0.39 is 16.6 Å². The van der Waals surface area contributed by atoms with Gasteiger partial charge in [-0.05, 0) is 44.2 Å². The smallest absolute Gasteiger partial charge is 0.325 e. The molecule has 0 bridgehead atoms. The van der Waals surface area contributed by atoms with Crippen LogP contribution in [-0.2, 0) is 14.3 Å². The van der Waals surface area contributed by atoms with Crippen molar-refractivity contribution >= 4 is 35.5 Å². The fourth-order valence-corrected chi connectivity index (χ4v) is 4.12. The summed E-state index contributed by atoms with van der Waals surface area (Å²) in [6, 6.07) is 2.83. The zero-order valence-electron chi connectivity index (χ0n) is 18.2. The highest BCUT2D eigenvalue weighted by atomic mass is 35.5. The van der Waals surface area contributed by atoms with E-state index in [2.05, 4.69) is 0 Å². The zero-order valence-corrected chi connectivity index (χ0v) is 19.0. The van der Waals surface area contributed by atoms with Crippen molar-refractivity contribution in [2.45, 2.75) is 63.8 Å². The van der Waals surface area contributed by atoms with Gasteiger partial charge in [0.05, 0.1) is 18.6 Å². The molecule has 0 N–H and O–H groups in total. The van der Waals surface area contributed by atoms with Crippen molar-refractivity contribution in [2.24, 2.45) is 0 Å². The molecule has 0 radical (unpaired) electrons. The molecule has 0 unspecified atom stereocenters. The van der Waals surface area contributed by atoms with Gasteiger partial charge in [-0.25, -0.2) is 0 Å². The maximum atomic E-state index is 12.7. The number of methoxy groups -OCH3 is 1. The van der Waals surface area contributed by atoms with Gasteiger partial charge in [0.25, 0.3) is 0 Å². The van der Waals surface area contributed by atoms with Crippen LogP contribution in [0.3, 0.4) is 0 Å². The minimum atomic E-state index is -0.711. The summed E-state index contributed by atoms with van der Waals surface area (Å²) in [6.07, 6.45) is 7.66. The van der Waals surface area contributed by atoms with Gasteiger partial charge in [0.15, 0.2) is 6.29 Å². The summed E-state index contributed by atoms with van der Waals surface area (Å²) in [6.45, 7) is 0.218. The van der Waals surface area contributed by atoms with Gasteiger partial charge in [0.2, 0.25) is 5.91 Å². The Morgan fingerprint density at radius 2 is 1.94 bits per heavy atom. The summed E-state index contributed by atoms with van der Waals surface area (Å²) in [7, 11) is 1.32. The Labute approximate surface area is 192 Å². The monoisotopic (exact) mass is 468 g/mol. The van der Waals surface area contributed by atoms with Crippen LogP contribution in [0.1, 0.15) is 68.1 Å². The van der Waals surface area contributed by atoms with E-state index in [0.717, 1.165) is 32.1 Å². The second-order valence-corrected chi connectivity index (χ2v) is 8.14. The molecule has 9 nitrogen and oxygen atoms in total. The number of nitrogens with zero attached hydrogens (tertiary/aromatic N) is 2. The zero-order chi connectivity index (χ0) is 23.5. The first-order valence-corrected chi connectivity index (χ1v) is 11.2. The summed E-state index contributed by atoms with van der Waals surface area (Å²) in [5.74, 6) is -0.367. The molecule has 1 aliphatic rings. The maximum absolute atomic E-state index is 12.7. The van der Waals surface area contributed by atoms with Crippen LogP contribution in [0, 0.1) is 10.1 Å². The van der Waals surface area contributed by atoms with Crippen LogP contribution in [-0.4, -0.2) is 54.3 Å². The number of aldehydes is 1. The second kappa shape index (κ2) is 13.0. The number of hydrogen-bond acceptors (Lipinski definition) is 7. The Hall–Kier alpha value is -2.68. The number of esters is 1. The lowest BCUT2D eigenvalue weighted by Crippen LogP contribution is -2.44. The third-order valence-electron chi connectivity index (χ3n) is 5.58. The predicted octanol–water partition coefficient (Wildman–Crippen LogP) is 4.33. The van der Waals surface area contributed by atoms with Crippen LogP contribution in [0.25, 0.3) is 0 Å². The number of unbranched alkanes of at least 4 members (excludes halogenated alkanes) is 2. The fourth-order valence-electron chi connectivity index (χ4n) is 3.89. The Balaban J connectivity index is 1.82. The number of nitro benzene ring substituents is 1. The van der Waals surface area contributed by atoms with Crippen molar-refractivity contribution in [1.82, 2.24) is 4.90 Å². The predicted molar refractivity (Wildman–Crippen MR) is 118 cm³/mol. The number of carbonyl (C=O) groups is 3. The number of nitro groups is 1. The van der Waals surface area contributed by atoms with Gasteiger partial charge in [-0.3, -0.25) is 24.5 Å². The molecule has 2 rings (SSSR count). The standard InChI is InChI=1S/C22H29ClN2O7/c1-31-21(28)14-24(16-8-4-2-5-9-16)20(27)10-6-3-7-13-32-19-12-11-18(23)22(25(29)30)17(19)15-26/h11-12,15-16H,2-10,13-14H2,1H3. The molecule has 1 saturated carbocycles. The number of benzene rings is 1. The Morgan fingerprint density at radius 1 is 1.22 bits per heavy atom. The first-order valence-electron chi connectivity index (χ1n) is 10.8. The Bertz CT molecular complexity index is 825. The number of ether oxygens (including phenoxy) is 2. The van der Waals surface area contributed by atoms with Gasteiger partial charge in [0.1, 0.15) is 22.9 Å². The molecule has 1 aromatic carbocycles. The number of carbonyl (C=O) groups excluding carboxylic acids is 3. The van der Waals surface area contributed by atoms with E-state index in [4.69, 9.17) is 21.1 Å². The van der Waals surface area contributed by atoms with E-state index in [9.17, 15) is 24.5 Å². The summed E-state index contributed by atoms with van der Waals surface area (Å²) < 4.78 is 10.3. The minimum absolute atomic E-state index is 0.0209. The summed E-state index contributed by atoms with van der Waals surface area (Å²) in [5, 5.41) is 11.0. The quantitative estimate of drug-likeness (QED) is 0.147. The van der Waals surface area contributed by atoms with E-state index in [1.54, 1.807) is 4.90 Å². The first-order chi connectivity index (χ1) is 15.4. The highest BCUT2D eigenvalue weighted by Gasteiger charge is 2.27. The third-order valence-corrected chi connectivity index (χ3v) is 5.89. The van der Waals surface area contributed by atoms with Gasteiger partial charge in [-0.2, -0.15) is 0 Å². The van der Waals surface area contributed by atoms with Crippen molar-refractivity contribution in [1.29, 1.82) is 0 Å². The fraction of sp³-hybridized carbons (Fsp3) is 0.591. The molecule has 1 aromatic rings. The molecule has 0 heterocycles. The highest BCUT2D eigenvalue weighted by molar-refractivity contribution is 6.33. The van der Waals surface area contributed by atoms with Crippen molar-refractivity contribution in [3.8, 4) is 5.75 Å². The van der Waals surface area contributed by atoms with Gasteiger partial charge in [0, 0.05) is 12.5 Å². The highest BCUT2D eigenvalue weighted by Crippen LogP contribution is 2.34. The van der Waals surface area contributed by atoms with Crippen molar-refractivity contribution in [3.63, 3.8) is 0 Å². The van der Waals surface area contributed by atoms with Crippen molar-refractivity contribution in [2.75, 3.05) is 20.3 Å². The van der Waals surface area contributed by atoms with E-state index in [-0.39, 0.29) is 41.4 Å². The van der Waals surface area contributed by atoms with E-state index in [1.165, 1.54) is 19.2 Å².